The van der Waals surface area contributed by atoms with E-state index in [1.165, 1.54) is 4.57 Å². The third-order valence-corrected chi connectivity index (χ3v) is 3.28. The molecule has 0 spiro atoms. The molecular weight excluding hydrogens is 292 g/mol. The molecule has 1 unspecified atom stereocenters. The highest BCUT2D eigenvalue weighted by molar-refractivity contribution is 5.27. The van der Waals surface area contributed by atoms with Crippen LogP contribution in [0.3, 0.4) is 0 Å². The van der Waals surface area contributed by atoms with E-state index in [0.717, 1.165) is 11.3 Å². The normalized spacial score (nSPS) is 11.5. The highest BCUT2D eigenvalue weighted by atomic mass is 16.5. The lowest BCUT2D eigenvalue weighted by molar-refractivity contribution is 0.214. The Morgan fingerprint density at radius 1 is 1.22 bits per heavy atom. The lowest BCUT2D eigenvalue weighted by Crippen LogP contribution is -2.24. The second kappa shape index (κ2) is 8.04. The molecule has 0 saturated carbocycles. The van der Waals surface area contributed by atoms with Gasteiger partial charge in [0.15, 0.2) is 5.75 Å². The number of benzene rings is 1. The third-order valence-electron chi connectivity index (χ3n) is 3.28. The highest BCUT2D eigenvalue weighted by Crippen LogP contribution is 2.12. The third kappa shape index (κ3) is 4.89. The number of hydrogen-bond donors (Lipinski definition) is 0. The topological polar surface area (TPSA) is 64.2 Å². The van der Waals surface area contributed by atoms with Gasteiger partial charge < -0.3 is 14.0 Å². The molecule has 5 heteroatoms. The molecule has 0 fully saturated rings. The molecule has 120 valence electrons. The summed E-state index contributed by atoms with van der Waals surface area (Å²) in [6, 6.07) is 13.2. The molecule has 23 heavy (non-hydrogen) atoms. The van der Waals surface area contributed by atoms with Crippen molar-refractivity contribution in [2.45, 2.75) is 20.4 Å². The van der Waals surface area contributed by atoms with E-state index in [1.54, 1.807) is 25.3 Å². The molecule has 2 rings (SSSR count). The summed E-state index contributed by atoms with van der Waals surface area (Å²) in [7, 11) is 0. The van der Waals surface area contributed by atoms with E-state index in [-0.39, 0.29) is 23.8 Å². The number of aryl methyl sites for hydroxylation is 1. The highest BCUT2D eigenvalue weighted by Gasteiger charge is 2.07. The zero-order chi connectivity index (χ0) is 16.7. The maximum Gasteiger partial charge on any atom is 0.292 e. The Hall–Kier alpha value is -2.74. The maximum atomic E-state index is 12.2. The zero-order valence-corrected chi connectivity index (χ0v) is 13.4. The summed E-state index contributed by atoms with van der Waals surface area (Å²) in [4.78, 5) is 12.2. The van der Waals surface area contributed by atoms with E-state index in [0.29, 0.717) is 13.2 Å². The fourth-order valence-electron chi connectivity index (χ4n) is 2.12. The van der Waals surface area contributed by atoms with Crippen molar-refractivity contribution in [2.75, 3.05) is 13.2 Å². The maximum absolute atomic E-state index is 12.2. The van der Waals surface area contributed by atoms with E-state index >= 15 is 0 Å². The predicted octanol–water partition coefficient (Wildman–Crippen LogP) is 2.77. The number of ether oxygens (including phenoxy) is 2. The number of aromatic nitrogens is 1. The molecule has 0 saturated heterocycles. The largest absolute Gasteiger partial charge is 0.490 e. The summed E-state index contributed by atoms with van der Waals surface area (Å²) in [5, 5.41) is 8.84. The van der Waals surface area contributed by atoms with E-state index in [9.17, 15) is 4.79 Å². The standard InChI is InChI=1S/C18H20N2O3/c1-14-5-3-6-16(11-14)22-9-10-23-17-7-4-8-20(18(17)21)13-15(2)12-19/h3-8,11,15H,9-10,13H2,1-2H3. The van der Waals surface area contributed by atoms with Crippen molar-refractivity contribution in [1.82, 2.24) is 4.57 Å². The number of hydrogen-bond acceptors (Lipinski definition) is 4. The summed E-state index contributed by atoms with van der Waals surface area (Å²) >= 11 is 0. The van der Waals surface area contributed by atoms with Crippen LogP contribution in [0.25, 0.3) is 0 Å². The first-order valence-corrected chi connectivity index (χ1v) is 7.51. The number of nitrogens with zero attached hydrogens (tertiary/aromatic N) is 2. The Bertz CT molecular complexity index is 746. The minimum atomic E-state index is -0.231. The lowest BCUT2D eigenvalue weighted by atomic mass is 10.2. The SMILES string of the molecule is Cc1cccc(OCCOc2cccn(CC(C)C#N)c2=O)c1. The molecule has 0 bridgehead atoms. The second-order valence-corrected chi connectivity index (χ2v) is 5.37. The fraction of sp³-hybridized carbons (Fsp3) is 0.333. The van der Waals surface area contributed by atoms with Crippen molar-refractivity contribution in [3.8, 4) is 17.6 Å². The number of pyridine rings is 1. The Morgan fingerprint density at radius 2 is 2.00 bits per heavy atom. The van der Waals surface area contributed by atoms with Gasteiger partial charge in [0.1, 0.15) is 19.0 Å². The molecular formula is C18H20N2O3. The molecule has 1 aromatic carbocycles. The summed E-state index contributed by atoms with van der Waals surface area (Å²) in [6.45, 7) is 4.76. The Labute approximate surface area is 135 Å². The van der Waals surface area contributed by atoms with Gasteiger partial charge in [-0.1, -0.05) is 12.1 Å². The van der Waals surface area contributed by atoms with Crippen LogP contribution in [0, 0.1) is 24.2 Å². The van der Waals surface area contributed by atoms with Crippen molar-refractivity contribution in [1.29, 1.82) is 5.26 Å². The van der Waals surface area contributed by atoms with Crippen molar-refractivity contribution < 1.29 is 9.47 Å². The summed E-state index contributed by atoms with van der Waals surface area (Å²) in [5.74, 6) is 0.819. The summed E-state index contributed by atoms with van der Waals surface area (Å²) in [5.41, 5.74) is 0.895. The first-order chi connectivity index (χ1) is 11.1. The van der Waals surface area contributed by atoms with E-state index in [1.807, 2.05) is 31.2 Å². The minimum absolute atomic E-state index is 0.229. The van der Waals surface area contributed by atoms with Crippen molar-refractivity contribution >= 4 is 0 Å². The van der Waals surface area contributed by atoms with Crippen LogP contribution in [0.1, 0.15) is 12.5 Å². The van der Waals surface area contributed by atoms with Gasteiger partial charge in [0.2, 0.25) is 0 Å². The Balaban J connectivity index is 1.90. The molecule has 0 amide bonds. The van der Waals surface area contributed by atoms with Gasteiger partial charge in [0.05, 0.1) is 12.0 Å². The quantitative estimate of drug-likeness (QED) is 0.737. The van der Waals surface area contributed by atoms with Gasteiger partial charge in [0, 0.05) is 12.7 Å². The van der Waals surface area contributed by atoms with Gasteiger partial charge in [-0.2, -0.15) is 5.26 Å². The summed E-state index contributed by atoms with van der Waals surface area (Å²) < 4.78 is 12.6. The monoisotopic (exact) mass is 312 g/mol. The van der Waals surface area contributed by atoms with Gasteiger partial charge in [-0.05, 0) is 43.7 Å². The van der Waals surface area contributed by atoms with E-state index < -0.39 is 0 Å². The predicted molar refractivity (Wildman–Crippen MR) is 87.6 cm³/mol. The molecule has 2 aromatic rings. The van der Waals surface area contributed by atoms with E-state index in [4.69, 9.17) is 14.7 Å². The summed E-state index contributed by atoms with van der Waals surface area (Å²) in [6.07, 6.45) is 1.66. The molecule has 5 nitrogen and oxygen atoms in total. The zero-order valence-electron chi connectivity index (χ0n) is 13.4. The molecule has 0 N–H and O–H groups in total. The van der Waals surface area contributed by atoms with Crippen molar-refractivity contribution in [2.24, 2.45) is 5.92 Å². The van der Waals surface area contributed by atoms with Crippen molar-refractivity contribution in [3.63, 3.8) is 0 Å². The van der Waals surface area contributed by atoms with Crippen LogP contribution in [0.5, 0.6) is 11.5 Å². The smallest absolute Gasteiger partial charge is 0.292 e. The van der Waals surface area contributed by atoms with Gasteiger partial charge >= 0.3 is 0 Å². The van der Waals surface area contributed by atoms with Crippen LogP contribution in [-0.4, -0.2) is 17.8 Å². The molecule has 1 aromatic heterocycles. The number of nitriles is 1. The van der Waals surface area contributed by atoms with Crippen LogP contribution in [-0.2, 0) is 6.54 Å². The van der Waals surface area contributed by atoms with Crippen LogP contribution in [0.2, 0.25) is 0 Å². The molecule has 0 aliphatic carbocycles. The average molecular weight is 312 g/mol. The van der Waals surface area contributed by atoms with Crippen LogP contribution in [0.15, 0.2) is 47.4 Å². The molecule has 1 atom stereocenters. The lowest BCUT2D eigenvalue weighted by Gasteiger charge is -2.11. The minimum Gasteiger partial charge on any atom is -0.490 e. The van der Waals surface area contributed by atoms with Gasteiger partial charge in [-0.15, -0.1) is 0 Å². The Kier molecular flexibility index (Phi) is 5.81. The van der Waals surface area contributed by atoms with Crippen molar-refractivity contribution in [3.05, 3.63) is 58.5 Å². The van der Waals surface area contributed by atoms with Gasteiger partial charge in [-0.25, -0.2) is 0 Å². The van der Waals surface area contributed by atoms with Gasteiger partial charge in [-0.3, -0.25) is 4.79 Å². The molecule has 0 aliphatic rings. The van der Waals surface area contributed by atoms with Gasteiger partial charge in [0.25, 0.3) is 5.56 Å². The first kappa shape index (κ1) is 16.6. The second-order valence-electron chi connectivity index (χ2n) is 5.37. The Morgan fingerprint density at radius 3 is 2.74 bits per heavy atom. The average Bonchev–Trinajstić information content (AvgIpc) is 2.54. The number of rotatable bonds is 7. The van der Waals surface area contributed by atoms with Crippen LogP contribution in [0.4, 0.5) is 0 Å². The first-order valence-electron chi connectivity index (χ1n) is 7.51. The van der Waals surface area contributed by atoms with Crippen LogP contribution >= 0.6 is 0 Å². The van der Waals surface area contributed by atoms with Crippen LogP contribution < -0.4 is 15.0 Å². The molecule has 1 heterocycles. The fourth-order valence-corrected chi connectivity index (χ4v) is 2.12. The van der Waals surface area contributed by atoms with E-state index in [2.05, 4.69) is 6.07 Å². The molecule has 0 radical (unpaired) electrons. The molecule has 0 aliphatic heterocycles.